The molecule has 142 valence electrons. The molecule has 2 heteroatoms. The van der Waals surface area contributed by atoms with Gasteiger partial charge in [-0.25, -0.2) is 0 Å². The van der Waals surface area contributed by atoms with Crippen LogP contribution in [0, 0.1) is 0 Å². The molecule has 0 fully saturated rings. The third-order valence-electron chi connectivity index (χ3n) is 5.97. The van der Waals surface area contributed by atoms with E-state index in [2.05, 4.69) is 32.0 Å². The average molecular weight is 346 g/mol. The predicted molar refractivity (Wildman–Crippen MR) is 108 cm³/mol. The molecule has 0 amide bonds. The van der Waals surface area contributed by atoms with Gasteiger partial charge in [-0.2, -0.15) is 0 Å². The molecule has 0 unspecified atom stereocenters. The number of nitrogens with two attached hydrogens (primary N) is 1. The lowest BCUT2D eigenvalue weighted by Gasteiger charge is -2.41. The van der Waals surface area contributed by atoms with Crippen molar-refractivity contribution in [3.8, 4) is 0 Å². The first kappa shape index (κ1) is 20.5. The van der Waals surface area contributed by atoms with Crippen LogP contribution < -0.4 is 5.73 Å². The summed E-state index contributed by atoms with van der Waals surface area (Å²) in [4.78, 5) is 0. The smallest absolute Gasteiger partial charge is 0.0608 e. The van der Waals surface area contributed by atoms with Crippen molar-refractivity contribution in [2.75, 3.05) is 6.61 Å². The van der Waals surface area contributed by atoms with Crippen LogP contribution in [0.2, 0.25) is 0 Å². The minimum absolute atomic E-state index is 0.0496. The molecule has 2 nitrogen and oxygen atoms in total. The number of aryl methyl sites for hydroxylation is 2. The monoisotopic (exact) mass is 345 g/mol. The molecule has 2 rings (SSSR count). The first-order chi connectivity index (χ1) is 11.9. The fraction of sp³-hybridized carbons (Fsp3) is 0.739. The summed E-state index contributed by atoms with van der Waals surface area (Å²) >= 11 is 0. The number of aliphatic hydroxyl groups excluding tert-OH is 1. The van der Waals surface area contributed by atoms with E-state index in [1.807, 2.05) is 6.92 Å². The van der Waals surface area contributed by atoms with E-state index in [1.54, 1.807) is 0 Å². The molecule has 0 aliphatic heterocycles. The van der Waals surface area contributed by atoms with Gasteiger partial charge in [-0.05, 0) is 67.6 Å². The van der Waals surface area contributed by atoms with Crippen LogP contribution in [0.5, 0.6) is 0 Å². The van der Waals surface area contributed by atoms with Gasteiger partial charge < -0.3 is 10.8 Å². The molecule has 0 radical (unpaired) electrons. The van der Waals surface area contributed by atoms with Crippen molar-refractivity contribution in [1.82, 2.24) is 0 Å². The first-order valence-electron chi connectivity index (χ1n) is 10.4. The van der Waals surface area contributed by atoms with Crippen LogP contribution in [-0.4, -0.2) is 17.3 Å². The molecule has 0 saturated carbocycles. The number of rotatable bonds is 10. The highest BCUT2D eigenvalue weighted by atomic mass is 16.3. The number of hydrogen-bond donors (Lipinski definition) is 2. The predicted octanol–water partition coefficient (Wildman–Crippen LogP) is 5.28. The van der Waals surface area contributed by atoms with Gasteiger partial charge >= 0.3 is 0 Å². The molecule has 1 aliphatic rings. The number of unbranched alkanes of at least 4 members (excludes halogenated alkanes) is 5. The summed E-state index contributed by atoms with van der Waals surface area (Å²) in [5.41, 5.74) is 10.4. The topological polar surface area (TPSA) is 46.2 Å². The summed E-state index contributed by atoms with van der Waals surface area (Å²) < 4.78 is 0. The molecule has 0 saturated heterocycles. The molecule has 0 aromatic heterocycles. The van der Waals surface area contributed by atoms with E-state index in [1.165, 1.54) is 80.9 Å². The zero-order chi connectivity index (χ0) is 18.3. The third-order valence-corrected chi connectivity index (χ3v) is 5.97. The molecule has 3 N–H and O–H groups in total. The normalized spacial score (nSPS) is 22.4. The Bertz CT molecular complexity index is 537. The Morgan fingerprint density at radius 3 is 2.60 bits per heavy atom. The molecule has 1 aromatic carbocycles. The van der Waals surface area contributed by atoms with Crippen molar-refractivity contribution in [1.29, 1.82) is 0 Å². The summed E-state index contributed by atoms with van der Waals surface area (Å²) in [7, 11) is 0. The van der Waals surface area contributed by atoms with Crippen molar-refractivity contribution >= 4 is 0 Å². The summed E-state index contributed by atoms with van der Waals surface area (Å²) in [6.07, 6.45) is 13.8. The maximum absolute atomic E-state index is 9.58. The second kappa shape index (κ2) is 9.19. The first-order valence-corrected chi connectivity index (χ1v) is 10.4. The summed E-state index contributed by atoms with van der Waals surface area (Å²) in [6, 6.07) is 7.14. The molecule has 0 spiro atoms. The molecule has 0 heterocycles. The van der Waals surface area contributed by atoms with Gasteiger partial charge in [0.05, 0.1) is 6.61 Å². The van der Waals surface area contributed by atoms with Crippen LogP contribution in [0.4, 0.5) is 0 Å². The van der Waals surface area contributed by atoms with Gasteiger partial charge in [0.1, 0.15) is 0 Å². The molecule has 2 atom stereocenters. The van der Waals surface area contributed by atoms with Gasteiger partial charge in [0.25, 0.3) is 0 Å². The van der Waals surface area contributed by atoms with E-state index in [0.717, 1.165) is 6.42 Å². The fourth-order valence-electron chi connectivity index (χ4n) is 4.64. The van der Waals surface area contributed by atoms with Gasteiger partial charge in [-0.15, -0.1) is 0 Å². The van der Waals surface area contributed by atoms with Gasteiger partial charge in [-0.3, -0.25) is 0 Å². The highest BCUT2D eigenvalue weighted by Crippen LogP contribution is 2.42. The standard InChI is InChI=1S/C23H39NO/c1-4-5-6-7-8-9-11-19-13-14-21-20(16-19)12-10-15-22(21,2)17-23(3,24)18-25/h13-14,16,25H,4-12,15,17-18,24H2,1-3H3/t22-,23-/m1/s1. The van der Waals surface area contributed by atoms with Crippen LogP contribution in [-0.2, 0) is 18.3 Å². The summed E-state index contributed by atoms with van der Waals surface area (Å²) in [5, 5.41) is 9.58. The van der Waals surface area contributed by atoms with E-state index >= 15 is 0 Å². The quantitative estimate of drug-likeness (QED) is 0.566. The molecule has 0 bridgehead atoms. The minimum atomic E-state index is -0.499. The maximum atomic E-state index is 9.58. The van der Waals surface area contributed by atoms with E-state index in [-0.39, 0.29) is 12.0 Å². The zero-order valence-electron chi connectivity index (χ0n) is 16.7. The van der Waals surface area contributed by atoms with E-state index in [4.69, 9.17) is 5.73 Å². The Hall–Kier alpha value is -0.860. The average Bonchev–Trinajstić information content (AvgIpc) is 2.57. The summed E-state index contributed by atoms with van der Waals surface area (Å²) in [5.74, 6) is 0. The number of benzene rings is 1. The van der Waals surface area contributed by atoms with Crippen LogP contribution in [0.15, 0.2) is 18.2 Å². The molecular formula is C23H39NO. The van der Waals surface area contributed by atoms with Crippen LogP contribution >= 0.6 is 0 Å². The lowest BCUT2D eigenvalue weighted by molar-refractivity contribution is 0.167. The van der Waals surface area contributed by atoms with Gasteiger partial charge in [0, 0.05) is 5.54 Å². The largest absolute Gasteiger partial charge is 0.394 e. The van der Waals surface area contributed by atoms with Gasteiger partial charge in [0.15, 0.2) is 0 Å². The lowest BCUT2D eigenvalue weighted by atomic mass is 9.65. The second-order valence-corrected chi connectivity index (χ2v) is 8.91. The van der Waals surface area contributed by atoms with Gasteiger partial charge in [0.2, 0.25) is 0 Å². The van der Waals surface area contributed by atoms with Crippen molar-refractivity contribution in [2.45, 2.75) is 102 Å². The van der Waals surface area contributed by atoms with Crippen molar-refractivity contribution in [3.05, 3.63) is 34.9 Å². The van der Waals surface area contributed by atoms with Crippen LogP contribution in [0.25, 0.3) is 0 Å². The Morgan fingerprint density at radius 1 is 1.16 bits per heavy atom. The van der Waals surface area contributed by atoms with Crippen molar-refractivity contribution in [3.63, 3.8) is 0 Å². The van der Waals surface area contributed by atoms with E-state index in [9.17, 15) is 5.11 Å². The second-order valence-electron chi connectivity index (χ2n) is 8.91. The van der Waals surface area contributed by atoms with Crippen LogP contribution in [0.3, 0.4) is 0 Å². The molecule has 1 aromatic rings. The van der Waals surface area contributed by atoms with Gasteiger partial charge in [-0.1, -0.05) is 64.2 Å². The maximum Gasteiger partial charge on any atom is 0.0608 e. The SMILES string of the molecule is CCCCCCCCc1ccc2c(c1)CCC[C@]2(C)C[C@@](C)(N)CO. The van der Waals surface area contributed by atoms with E-state index in [0.29, 0.717) is 0 Å². The Balaban J connectivity index is 1.99. The Morgan fingerprint density at radius 2 is 1.88 bits per heavy atom. The minimum Gasteiger partial charge on any atom is -0.394 e. The fourth-order valence-corrected chi connectivity index (χ4v) is 4.64. The number of fused-ring (bicyclic) bond motifs is 1. The van der Waals surface area contributed by atoms with Crippen molar-refractivity contribution in [2.24, 2.45) is 5.73 Å². The van der Waals surface area contributed by atoms with E-state index < -0.39 is 5.54 Å². The molecular weight excluding hydrogens is 306 g/mol. The molecule has 1 aliphatic carbocycles. The number of hydrogen-bond acceptors (Lipinski definition) is 2. The van der Waals surface area contributed by atoms with Crippen LogP contribution in [0.1, 0.15) is 95.2 Å². The Kier molecular flexibility index (Phi) is 7.51. The lowest BCUT2D eigenvalue weighted by Crippen LogP contribution is -2.47. The molecule has 25 heavy (non-hydrogen) atoms. The zero-order valence-corrected chi connectivity index (χ0v) is 16.7. The highest BCUT2D eigenvalue weighted by Gasteiger charge is 2.37. The number of aliphatic hydroxyl groups is 1. The highest BCUT2D eigenvalue weighted by molar-refractivity contribution is 5.40. The van der Waals surface area contributed by atoms with Crippen molar-refractivity contribution < 1.29 is 5.11 Å². The Labute approximate surface area is 155 Å². The summed E-state index contributed by atoms with van der Waals surface area (Å²) in [6.45, 7) is 6.63. The third kappa shape index (κ3) is 5.82.